The third-order valence-corrected chi connectivity index (χ3v) is 6.11. The molecular weight excluding hydrogens is 384 g/mol. The molecule has 1 unspecified atom stereocenters. The monoisotopic (exact) mass is 410 g/mol. The second-order valence-corrected chi connectivity index (χ2v) is 8.39. The summed E-state index contributed by atoms with van der Waals surface area (Å²) in [6.45, 7) is 7.40. The normalized spacial score (nSPS) is 25.9. The van der Waals surface area contributed by atoms with E-state index >= 15 is 0 Å². The van der Waals surface area contributed by atoms with Gasteiger partial charge in [0.2, 0.25) is 6.29 Å². The van der Waals surface area contributed by atoms with E-state index in [0.717, 1.165) is 16.5 Å². The molecule has 158 valence electrons. The fourth-order valence-corrected chi connectivity index (χ4v) is 3.92. The number of hydrogen-bond donors (Lipinski definition) is 2. The maximum Gasteiger partial charge on any atom is 0.344 e. The molecule has 1 saturated heterocycles. The van der Waals surface area contributed by atoms with Crippen LogP contribution in [0.2, 0.25) is 0 Å². The van der Waals surface area contributed by atoms with Crippen LogP contribution in [0.4, 0.5) is 0 Å². The van der Waals surface area contributed by atoms with Crippen LogP contribution in [0.1, 0.15) is 26.3 Å². The summed E-state index contributed by atoms with van der Waals surface area (Å²) in [6, 6.07) is 14.5. The number of ether oxygens (including phenoxy) is 2. The SMILES string of the molecule is Cc1c(-c2ccccc2)c(=O)oc2cc(OC3OC(C)(C)[C@H](C)[C@@H](O)[C@@H]3O)ccc12. The zero-order chi connectivity index (χ0) is 21.6. The number of aliphatic hydroxyl groups is 2. The van der Waals surface area contributed by atoms with Gasteiger partial charge in [-0.25, -0.2) is 4.79 Å². The molecule has 1 aromatic heterocycles. The smallest absolute Gasteiger partial charge is 0.344 e. The van der Waals surface area contributed by atoms with Crippen LogP contribution in [0, 0.1) is 12.8 Å². The summed E-state index contributed by atoms with van der Waals surface area (Å²) in [5.41, 5.74) is 1.43. The maximum absolute atomic E-state index is 12.7. The zero-order valence-corrected chi connectivity index (χ0v) is 17.5. The first-order chi connectivity index (χ1) is 14.2. The van der Waals surface area contributed by atoms with Gasteiger partial charge in [0.15, 0.2) is 0 Å². The van der Waals surface area contributed by atoms with Gasteiger partial charge in [0.25, 0.3) is 0 Å². The van der Waals surface area contributed by atoms with Gasteiger partial charge in [0, 0.05) is 17.4 Å². The highest BCUT2D eigenvalue weighted by atomic mass is 16.7. The van der Waals surface area contributed by atoms with Gasteiger partial charge in [-0.05, 0) is 44.0 Å². The summed E-state index contributed by atoms with van der Waals surface area (Å²) in [7, 11) is 0. The molecule has 4 rings (SSSR count). The second-order valence-electron chi connectivity index (χ2n) is 8.39. The van der Waals surface area contributed by atoms with E-state index in [0.29, 0.717) is 16.9 Å². The van der Waals surface area contributed by atoms with Crippen LogP contribution in [-0.4, -0.2) is 34.3 Å². The molecule has 1 aliphatic heterocycles. The van der Waals surface area contributed by atoms with Crippen molar-refractivity contribution in [3.05, 3.63) is 64.5 Å². The Balaban J connectivity index is 1.69. The molecule has 0 radical (unpaired) electrons. The molecule has 1 aliphatic rings. The molecule has 2 heterocycles. The Hall–Kier alpha value is -2.67. The average molecular weight is 410 g/mol. The van der Waals surface area contributed by atoms with Crippen LogP contribution in [-0.2, 0) is 4.74 Å². The number of benzene rings is 2. The predicted octanol–water partition coefficient (Wildman–Crippen LogP) is 3.64. The first-order valence-electron chi connectivity index (χ1n) is 10.0. The van der Waals surface area contributed by atoms with Gasteiger partial charge in [0.1, 0.15) is 17.4 Å². The predicted molar refractivity (Wildman–Crippen MR) is 113 cm³/mol. The fourth-order valence-electron chi connectivity index (χ4n) is 3.92. The molecule has 0 amide bonds. The Morgan fingerprint density at radius 1 is 1.03 bits per heavy atom. The van der Waals surface area contributed by atoms with Crippen LogP contribution in [0.15, 0.2) is 57.7 Å². The van der Waals surface area contributed by atoms with Crippen molar-refractivity contribution in [1.82, 2.24) is 0 Å². The van der Waals surface area contributed by atoms with Gasteiger partial charge in [-0.1, -0.05) is 37.3 Å². The third kappa shape index (κ3) is 3.51. The van der Waals surface area contributed by atoms with E-state index in [-0.39, 0.29) is 5.92 Å². The molecule has 6 heteroatoms. The van der Waals surface area contributed by atoms with E-state index in [1.807, 2.05) is 64.1 Å². The van der Waals surface area contributed by atoms with Crippen molar-refractivity contribution in [1.29, 1.82) is 0 Å². The molecule has 30 heavy (non-hydrogen) atoms. The van der Waals surface area contributed by atoms with E-state index in [1.54, 1.807) is 12.1 Å². The first-order valence-corrected chi connectivity index (χ1v) is 10.0. The lowest BCUT2D eigenvalue weighted by molar-refractivity contribution is -0.284. The van der Waals surface area contributed by atoms with Crippen molar-refractivity contribution in [2.75, 3.05) is 0 Å². The van der Waals surface area contributed by atoms with Crippen molar-refractivity contribution in [3.8, 4) is 16.9 Å². The maximum atomic E-state index is 12.7. The highest BCUT2D eigenvalue weighted by Crippen LogP contribution is 2.36. The van der Waals surface area contributed by atoms with Crippen LogP contribution in [0.5, 0.6) is 5.75 Å². The second kappa shape index (κ2) is 7.54. The molecule has 2 aromatic carbocycles. The van der Waals surface area contributed by atoms with Gasteiger partial charge in [0.05, 0.1) is 17.3 Å². The topological polar surface area (TPSA) is 89.1 Å². The Morgan fingerprint density at radius 2 is 1.73 bits per heavy atom. The van der Waals surface area contributed by atoms with Crippen molar-refractivity contribution < 1.29 is 24.1 Å². The van der Waals surface area contributed by atoms with Gasteiger partial charge >= 0.3 is 5.63 Å². The van der Waals surface area contributed by atoms with E-state index in [2.05, 4.69) is 0 Å². The standard InChI is InChI=1S/C24H26O6/c1-13-17-11-10-16(28-23-21(26)20(25)14(2)24(3,4)30-23)12-18(17)29-22(27)19(13)15-8-6-5-7-9-15/h5-12,14,20-21,23,25-26H,1-4H3/t14-,20-,21+,23?/m1/s1. The van der Waals surface area contributed by atoms with E-state index in [9.17, 15) is 15.0 Å². The fraction of sp³-hybridized carbons (Fsp3) is 0.375. The molecule has 1 fully saturated rings. The molecule has 0 aliphatic carbocycles. The van der Waals surface area contributed by atoms with Crippen molar-refractivity contribution in [2.45, 2.75) is 51.8 Å². The minimum Gasteiger partial charge on any atom is -0.462 e. The third-order valence-electron chi connectivity index (χ3n) is 6.11. The van der Waals surface area contributed by atoms with Crippen LogP contribution in [0.25, 0.3) is 22.1 Å². The van der Waals surface area contributed by atoms with E-state index < -0.39 is 29.7 Å². The average Bonchev–Trinajstić information content (AvgIpc) is 2.71. The van der Waals surface area contributed by atoms with Gasteiger partial charge in [-0.2, -0.15) is 0 Å². The molecule has 0 spiro atoms. The number of aryl methyl sites for hydroxylation is 1. The first kappa shape index (κ1) is 20.6. The molecule has 4 atom stereocenters. The quantitative estimate of drug-likeness (QED) is 0.641. The number of rotatable bonds is 3. The lowest BCUT2D eigenvalue weighted by atomic mass is 9.82. The van der Waals surface area contributed by atoms with Crippen LogP contribution >= 0.6 is 0 Å². The Labute approximate surface area is 174 Å². The molecule has 0 bridgehead atoms. The molecule has 2 N–H and O–H groups in total. The van der Waals surface area contributed by atoms with Crippen molar-refractivity contribution in [3.63, 3.8) is 0 Å². The summed E-state index contributed by atoms with van der Waals surface area (Å²) in [6.07, 6.45) is -3.22. The largest absolute Gasteiger partial charge is 0.462 e. The number of aliphatic hydroxyl groups excluding tert-OH is 2. The summed E-state index contributed by atoms with van der Waals surface area (Å²) >= 11 is 0. The summed E-state index contributed by atoms with van der Waals surface area (Å²) in [4.78, 5) is 12.7. The van der Waals surface area contributed by atoms with Crippen LogP contribution in [0.3, 0.4) is 0 Å². The van der Waals surface area contributed by atoms with E-state index in [4.69, 9.17) is 13.9 Å². The highest BCUT2D eigenvalue weighted by Gasteiger charge is 2.47. The Morgan fingerprint density at radius 3 is 2.43 bits per heavy atom. The highest BCUT2D eigenvalue weighted by molar-refractivity contribution is 5.87. The van der Waals surface area contributed by atoms with Gasteiger partial charge in [-0.15, -0.1) is 0 Å². The minimum absolute atomic E-state index is 0.263. The van der Waals surface area contributed by atoms with E-state index in [1.165, 1.54) is 0 Å². The van der Waals surface area contributed by atoms with Crippen molar-refractivity contribution >= 4 is 11.0 Å². The van der Waals surface area contributed by atoms with Crippen molar-refractivity contribution in [2.24, 2.45) is 5.92 Å². The summed E-state index contributed by atoms with van der Waals surface area (Å²) in [5.74, 6) is 0.111. The minimum atomic E-state index is -1.20. The molecule has 0 saturated carbocycles. The summed E-state index contributed by atoms with van der Waals surface area (Å²) in [5, 5.41) is 21.5. The Kier molecular flexibility index (Phi) is 5.18. The van der Waals surface area contributed by atoms with Crippen LogP contribution < -0.4 is 10.4 Å². The zero-order valence-electron chi connectivity index (χ0n) is 17.5. The number of fused-ring (bicyclic) bond motifs is 1. The molecular formula is C24H26O6. The summed E-state index contributed by atoms with van der Waals surface area (Å²) < 4.78 is 17.3. The molecule has 6 nitrogen and oxygen atoms in total. The number of hydrogen-bond acceptors (Lipinski definition) is 6. The van der Waals surface area contributed by atoms with Gasteiger partial charge < -0.3 is 24.1 Å². The van der Waals surface area contributed by atoms with Gasteiger partial charge in [-0.3, -0.25) is 0 Å². The molecule has 3 aromatic rings. The lowest BCUT2D eigenvalue weighted by Crippen LogP contribution is -2.59. The Bertz CT molecular complexity index is 1120. The lowest BCUT2D eigenvalue weighted by Gasteiger charge is -2.46.